The van der Waals surface area contributed by atoms with Crippen LogP contribution in [0.3, 0.4) is 0 Å². The van der Waals surface area contributed by atoms with Gasteiger partial charge in [-0.05, 0) is 46.7 Å². The van der Waals surface area contributed by atoms with E-state index in [0.29, 0.717) is 0 Å². The zero-order valence-electron chi connectivity index (χ0n) is 12.0. The molecule has 1 atom stereocenters. The molecule has 0 spiro atoms. The summed E-state index contributed by atoms with van der Waals surface area (Å²) in [6.07, 6.45) is 1.59. The minimum absolute atomic E-state index is 0.0904. The Morgan fingerprint density at radius 2 is 2.17 bits per heavy atom. The smallest absolute Gasteiger partial charge is 0.255 e. The number of hydrogen-bond acceptors (Lipinski definition) is 3. The second-order valence-electron chi connectivity index (χ2n) is 4.93. The van der Waals surface area contributed by atoms with E-state index in [1.807, 2.05) is 22.9 Å². The summed E-state index contributed by atoms with van der Waals surface area (Å²) >= 11 is 7.49. The van der Waals surface area contributed by atoms with Gasteiger partial charge in [0.25, 0.3) is 5.91 Å². The lowest BCUT2D eigenvalue weighted by molar-refractivity contribution is 0.0948. The summed E-state index contributed by atoms with van der Waals surface area (Å²) < 4.78 is 19.3. The van der Waals surface area contributed by atoms with Crippen LogP contribution < -0.4 is 5.32 Å². The van der Waals surface area contributed by atoms with Crippen molar-refractivity contribution >= 4 is 28.8 Å². The summed E-state index contributed by atoms with van der Waals surface area (Å²) in [4.78, 5) is 12.3. The Labute approximate surface area is 141 Å². The van der Waals surface area contributed by atoms with Crippen LogP contribution in [0.15, 0.2) is 57.8 Å². The molecule has 2 aromatic heterocycles. The highest BCUT2D eigenvalue weighted by molar-refractivity contribution is 7.08. The number of carbonyl (C=O) groups excluding carboxylic acids is 1. The van der Waals surface area contributed by atoms with Gasteiger partial charge in [0.05, 0.1) is 22.8 Å². The van der Waals surface area contributed by atoms with Gasteiger partial charge in [0, 0.05) is 6.54 Å². The molecule has 3 rings (SSSR count). The van der Waals surface area contributed by atoms with Crippen LogP contribution in [-0.2, 0) is 0 Å². The van der Waals surface area contributed by atoms with Crippen molar-refractivity contribution in [3.05, 3.63) is 81.1 Å². The monoisotopic (exact) mass is 349 g/mol. The molecule has 0 bridgehead atoms. The predicted molar refractivity (Wildman–Crippen MR) is 88.6 cm³/mol. The molecule has 23 heavy (non-hydrogen) atoms. The second kappa shape index (κ2) is 6.98. The van der Waals surface area contributed by atoms with Crippen molar-refractivity contribution in [3.8, 4) is 0 Å². The van der Waals surface area contributed by atoms with E-state index in [2.05, 4.69) is 5.32 Å². The molecule has 1 aromatic carbocycles. The van der Waals surface area contributed by atoms with Crippen LogP contribution in [0.5, 0.6) is 0 Å². The molecule has 3 nitrogen and oxygen atoms in total. The van der Waals surface area contributed by atoms with Gasteiger partial charge in [-0.3, -0.25) is 4.79 Å². The van der Waals surface area contributed by atoms with Crippen molar-refractivity contribution in [2.24, 2.45) is 0 Å². The number of thiophene rings is 1. The van der Waals surface area contributed by atoms with Crippen LogP contribution in [0.1, 0.15) is 27.6 Å². The summed E-state index contributed by atoms with van der Waals surface area (Å²) in [5.41, 5.74) is 0.891. The Hall–Kier alpha value is -2.11. The third-order valence-corrected chi connectivity index (χ3v) is 4.51. The minimum atomic E-state index is -0.639. The molecule has 0 saturated heterocycles. The highest BCUT2D eigenvalue weighted by Gasteiger charge is 2.21. The maximum Gasteiger partial charge on any atom is 0.255 e. The number of carbonyl (C=O) groups is 1. The number of hydrogen-bond donors (Lipinski definition) is 1. The molecule has 0 fully saturated rings. The summed E-state index contributed by atoms with van der Waals surface area (Å²) in [6.45, 7) is 0.285. The van der Waals surface area contributed by atoms with Gasteiger partial charge in [-0.2, -0.15) is 11.3 Å². The number of rotatable bonds is 5. The van der Waals surface area contributed by atoms with Crippen LogP contribution in [0.25, 0.3) is 0 Å². The Bertz CT molecular complexity index is 733. The Morgan fingerprint density at radius 1 is 1.30 bits per heavy atom. The van der Waals surface area contributed by atoms with E-state index in [1.165, 1.54) is 18.2 Å². The first-order valence-corrected chi connectivity index (χ1v) is 8.26. The fraction of sp³-hybridized carbons (Fsp3) is 0.118. The van der Waals surface area contributed by atoms with Gasteiger partial charge in [-0.15, -0.1) is 0 Å². The molecule has 118 valence electrons. The molecule has 0 aliphatic carbocycles. The molecule has 0 saturated carbocycles. The molecule has 0 aliphatic rings. The molecule has 1 N–H and O–H groups in total. The minimum Gasteiger partial charge on any atom is -0.469 e. The summed E-state index contributed by atoms with van der Waals surface area (Å²) in [5, 5.41) is 6.78. The van der Waals surface area contributed by atoms with Crippen LogP contribution in [0.2, 0.25) is 5.02 Å². The van der Waals surface area contributed by atoms with Gasteiger partial charge < -0.3 is 9.73 Å². The van der Waals surface area contributed by atoms with Gasteiger partial charge in [0.1, 0.15) is 11.6 Å². The average molecular weight is 350 g/mol. The lowest BCUT2D eigenvalue weighted by Crippen LogP contribution is -2.29. The Balaban J connectivity index is 1.78. The van der Waals surface area contributed by atoms with Crippen molar-refractivity contribution < 1.29 is 13.6 Å². The van der Waals surface area contributed by atoms with Crippen molar-refractivity contribution in [3.63, 3.8) is 0 Å². The summed E-state index contributed by atoms with van der Waals surface area (Å²) in [5.74, 6) is -0.575. The number of amides is 1. The number of nitrogens with one attached hydrogen (secondary N) is 1. The van der Waals surface area contributed by atoms with E-state index < -0.39 is 11.7 Å². The van der Waals surface area contributed by atoms with Crippen molar-refractivity contribution in [2.45, 2.75) is 5.92 Å². The Kier molecular flexibility index (Phi) is 4.79. The first-order valence-electron chi connectivity index (χ1n) is 6.94. The normalized spacial score (nSPS) is 12.1. The third kappa shape index (κ3) is 3.46. The van der Waals surface area contributed by atoms with E-state index in [1.54, 1.807) is 23.7 Å². The first-order chi connectivity index (χ1) is 11.2. The van der Waals surface area contributed by atoms with Gasteiger partial charge in [0.2, 0.25) is 0 Å². The molecule has 1 unspecified atom stereocenters. The number of furan rings is 1. The predicted octanol–water partition coefficient (Wildman–Crippen LogP) is 4.70. The lowest BCUT2D eigenvalue weighted by Gasteiger charge is -2.15. The van der Waals surface area contributed by atoms with Crippen molar-refractivity contribution in [2.75, 3.05) is 6.54 Å². The van der Waals surface area contributed by atoms with Crippen LogP contribution >= 0.6 is 22.9 Å². The molecule has 0 aliphatic heterocycles. The topological polar surface area (TPSA) is 42.2 Å². The van der Waals surface area contributed by atoms with Crippen LogP contribution in [0, 0.1) is 5.82 Å². The van der Waals surface area contributed by atoms with Gasteiger partial charge in [-0.25, -0.2) is 4.39 Å². The van der Waals surface area contributed by atoms with E-state index in [9.17, 15) is 9.18 Å². The molecule has 2 heterocycles. The molecular weight excluding hydrogens is 337 g/mol. The molecule has 3 aromatic rings. The maximum atomic E-state index is 13.8. The zero-order valence-corrected chi connectivity index (χ0v) is 13.5. The van der Waals surface area contributed by atoms with E-state index in [0.717, 1.165) is 11.3 Å². The van der Waals surface area contributed by atoms with Gasteiger partial charge in [0.15, 0.2) is 0 Å². The Morgan fingerprint density at radius 3 is 2.83 bits per heavy atom. The van der Waals surface area contributed by atoms with E-state index in [-0.39, 0.29) is 23.0 Å². The number of halogens is 2. The fourth-order valence-electron chi connectivity index (χ4n) is 2.34. The average Bonchev–Trinajstić information content (AvgIpc) is 3.21. The molecule has 6 heteroatoms. The largest absolute Gasteiger partial charge is 0.469 e. The van der Waals surface area contributed by atoms with Crippen LogP contribution in [-0.4, -0.2) is 12.5 Å². The standard InChI is InChI=1S/C17H13ClFNO2S/c18-13-3-1-4-14(19)16(13)17(21)20-9-12(11-6-8-23-10-11)15-5-2-7-22-15/h1-8,10,12H,9H2,(H,20,21). The van der Waals surface area contributed by atoms with Crippen molar-refractivity contribution in [1.29, 1.82) is 0 Å². The second-order valence-corrected chi connectivity index (χ2v) is 6.12. The highest BCUT2D eigenvalue weighted by Crippen LogP contribution is 2.27. The SMILES string of the molecule is O=C(NCC(c1ccsc1)c1ccco1)c1c(F)cccc1Cl. The van der Waals surface area contributed by atoms with Crippen molar-refractivity contribution in [1.82, 2.24) is 5.32 Å². The third-order valence-electron chi connectivity index (χ3n) is 3.49. The molecule has 1 amide bonds. The number of benzene rings is 1. The fourth-order valence-corrected chi connectivity index (χ4v) is 3.31. The molecule has 0 radical (unpaired) electrons. The van der Waals surface area contributed by atoms with E-state index >= 15 is 0 Å². The summed E-state index contributed by atoms with van der Waals surface area (Å²) in [7, 11) is 0. The van der Waals surface area contributed by atoms with Gasteiger partial charge in [-0.1, -0.05) is 17.7 Å². The molecular formula is C17H13ClFNO2S. The summed E-state index contributed by atoms with van der Waals surface area (Å²) in [6, 6.07) is 9.78. The zero-order chi connectivity index (χ0) is 16.2. The maximum absolute atomic E-state index is 13.8. The lowest BCUT2D eigenvalue weighted by atomic mass is 9.99. The van der Waals surface area contributed by atoms with Crippen LogP contribution in [0.4, 0.5) is 4.39 Å². The van der Waals surface area contributed by atoms with Gasteiger partial charge >= 0.3 is 0 Å². The first kappa shape index (κ1) is 15.8. The highest BCUT2D eigenvalue weighted by atomic mass is 35.5. The quantitative estimate of drug-likeness (QED) is 0.725. The van der Waals surface area contributed by atoms with E-state index in [4.69, 9.17) is 16.0 Å².